The number of nitrogens with zero attached hydrogens (tertiary/aromatic N) is 2. The Kier molecular flexibility index (Phi) is 5.50. The number of halogens is 1. The minimum absolute atomic E-state index is 0.0223. The van der Waals surface area contributed by atoms with Crippen LogP contribution < -0.4 is 10.6 Å². The molecule has 0 aliphatic heterocycles. The van der Waals surface area contributed by atoms with Crippen LogP contribution in [0.5, 0.6) is 0 Å². The molecule has 1 amide bonds. The Morgan fingerprint density at radius 3 is 2.84 bits per heavy atom. The van der Waals surface area contributed by atoms with Crippen LogP contribution in [0.4, 0.5) is 11.5 Å². The minimum atomic E-state index is -0.604. The monoisotopic (exact) mass is 286 g/mol. The highest BCUT2D eigenvalue weighted by molar-refractivity contribution is 6.30. The lowest BCUT2D eigenvalue weighted by atomic mass is 10.2. The van der Waals surface area contributed by atoms with Gasteiger partial charge in [-0.05, 0) is 5.92 Å². The Balaban J connectivity index is 2.62. The molecule has 0 radical (unpaired) electrons. The van der Waals surface area contributed by atoms with Gasteiger partial charge in [0.1, 0.15) is 0 Å². The third-order valence-corrected chi connectivity index (χ3v) is 2.36. The maximum absolute atomic E-state index is 11.5. The van der Waals surface area contributed by atoms with Crippen molar-refractivity contribution in [1.82, 2.24) is 10.3 Å². The van der Waals surface area contributed by atoms with Gasteiger partial charge in [-0.3, -0.25) is 14.9 Å². The summed E-state index contributed by atoms with van der Waals surface area (Å²) in [6, 6.07) is 1.18. The van der Waals surface area contributed by atoms with Crippen LogP contribution >= 0.6 is 11.6 Å². The number of amides is 1. The van der Waals surface area contributed by atoms with Crippen molar-refractivity contribution in [2.45, 2.75) is 13.8 Å². The zero-order valence-corrected chi connectivity index (χ0v) is 11.4. The quantitative estimate of drug-likeness (QED) is 0.614. The average molecular weight is 287 g/mol. The summed E-state index contributed by atoms with van der Waals surface area (Å²) in [4.78, 5) is 25.5. The van der Waals surface area contributed by atoms with Gasteiger partial charge in [-0.25, -0.2) is 4.98 Å². The molecule has 0 spiro atoms. The molecule has 0 fully saturated rings. The molecular formula is C11H15ClN4O3. The molecule has 0 unspecified atom stereocenters. The molecular weight excluding hydrogens is 272 g/mol. The summed E-state index contributed by atoms with van der Waals surface area (Å²) >= 11 is 5.63. The summed E-state index contributed by atoms with van der Waals surface area (Å²) in [6.07, 6.45) is 1.28. The summed E-state index contributed by atoms with van der Waals surface area (Å²) < 4.78 is 0. The van der Waals surface area contributed by atoms with E-state index in [4.69, 9.17) is 11.6 Å². The zero-order valence-electron chi connectivity index (χ0n) is 10.6. The summed E-state index contributed by atoms with van der Waals surface area (Å²) in [5, 5.41) is 16.3. The first-order chi connectivity index (χ1) is 8.90. The van der Waals surface area contributed by atoms with Crippen molar-refractivity contribution in [2.24, 2.45) is 5.92 Å². The Morgan fingerprint density at radius 2 is 2.26 bits per heavy atom. The van der Waals surface area contributed by atoms with Crippen LogP contribution in [0.25, 0.3) is 0 Å². The van der Waals surface area contributed by atoms with E-state index < -0.39 is 4.92 Å². The fraction of sp³-hybridized carbons (Fsp3) is 0.455. The topological polar surface area (TPSA) is 97.2 Å². The van der Waals surface area contributed by atoms with Crippen molar-refractivity contribution in [3.8, 4) is 0 Å². The molecule has 2 N–H and O–H groups in total. The molecule has 0 aromatic carbocycles. The number of carbonyl (C=O) groups excluding carboxylic acids is 1. The van der Waals surface area contributed by atoms with Crippen molar-refractivity contribution in [1.29, 1.82) is 0 Å². The number of anilines is 1. The van der Waals surface area contributed by atoms with Crippen molar-refractivity contribution in [3.63, 3.8) is 0 Å². The summed E-state index contributed by atoms with van der Waals surface area (Å²) in [5.74, 6) is 0.112. The number of hydrogen-bond donors (Lipinski definition) is 2. The standard InChI is InChI=1S/C11H15ClN4O3/c1-7(2)4-13-10(17)6-15-11-9(16(18)19)3-8(12)5-14-11/h3,5,7H,4,6H2,1-2H3,(H,13,17)(H,14,15). The molecule has 1 rings (SSSR count). The number of nitro groups is 1. The summed E-state index contributed by atoms with van der Waals surface area (Å²) in [7, 11) is 0. The Morgan fingerprint density at radius 1 is 1.58 bits per heavy atom. The van der Waals surface area contributed by atoms with Crippen molar-refractivity contribution in [3.05, 3.63) is 27.4 Å². The van der Waals surface area contributed by atoms with Gasteiger partial charge in [0, 0.05) is 18.8 Å². The number of hydrogen-bond acceptors (Lipinski definition) is 5. The number of carbonyl (C=O) groups is 1. The third kappa shape index (κ3) is 5.09. The second-order valence-electron chi connectivity index (χ2n) is 4.33. The normalized spacial score (nSPS) is 10.3. The molecule has 0 saturated heterocycles. The predicted octanol–water partition coefficient (Wildman–Crippen LogP) is 1.83. The van der Waals surface area contributed by atoms with E-state index in [1.165, 1.54) is 12.3 Å². The lowest BCUT2D eigenvalue weighted by Gasteiger charge is -2.09. The smallest absolute Gasteiger partial charge is 0.312 e. The maximum Gasteiger partial charge on any atom is 0.312 e. The fourth-order valence-corrected chi connectivity index (χ4v) is 1.40. The molecule has 0 aliphatic carbocycles. The van der Waals surface area contributed by atoms with Gasteiger partial charge >= 0.3 is 5.69 Å². The first-order valence-corrected chi connectivity index (χ1v) is 6.08. The maximum atomic E-state index is 11.5. The van der Waals surface area contributed by atoms with E-state index in [0.29, 0.717) is 12.5 Å². The molecule has 0 saturated carbocycles. The largest absolute Gasteiger partial charge is 0.355 e. The number of aromatic nitrogens is 1. The third-order valence-electron chi connectivity index (χ3n) is 2.15. The number of rotatable bonds is 6. The highest BCUT2D eigenvalue weighted by atomic mass is 35.5. The highest BCUT2D eigenvalue weighted by Crippen LogP contribution is 2.24. The Hall–Kier alpha value is -1.89. The predicted molar refractivity (Wildman–Crippen MR) is 72.2 cm³/mol. The van der Waals surface area contributed by atoms with Crippen molar-refractivity contribution < 1.29 is 9.72 Å². The van der Waals surface area contributed by atoms with Crippen LogP contribution in [-0.2, 0) is 4.79 Å². The van der Waals surface area contributed by atoms with Gasteiger partial charge < -0.3 is 10.6 Å². The molecule has 7 nitrogen and oxygen atoms in total. The molecule has 1 aromatic rings. The SMILES string of the molecule is CC(C)CNC(=O)CNc1ncc(Cl)cc1[N+](=O)[O-]. The number of nitrogens with one attached hydrogen (secondary N) is 2. The Bertz CT molecular complexity index is 479. The molecule has 0 atom stereocenters. The van der Waals surface area contributed by atoms with Crippen LogP contribution in [0.3, 0.4) is 0 Å². The van der Waals surface area contributed by atoms with E-state index in [9.17, 15) is 14.9 Å². The van der Waals surface area contributed by atoms with Gasteiger partial charge in [-0.1, -0.05) is 25.4 Å². The van der Waals surface area contributed by atoms with Crippen LogP contribution in [0.2, 0.25) is 5.02 Å². The van der Waals surface area contributed by atoms with Crippen LogP contribution in [-0.4, -0.2) is 28.9 Å². The van der Waals surface area contributed by atoms with Crippen LogP contribution in [0, 0.1) is 16.0 Å². The van der Waals surface area contributed by atoms with Gasteiger partial charge in [-0.15, -0.1) is 0 Å². The van der Waals surface area contributed by atoms with E-state index in [-0.39, 0.29) is 29.0 Å². The van der Waals surface area contributed by atoms with Crippen LogP contribution in [0.1, 0.15) is 13.8 Å². The van der Waals surface area contributed by atoms with Gasteiger partial charge in [0.15, 0.2) is 0 Å². The minimum Gasteiger partial charge on any atom is -0.355 e. The molecule has 0 aliphatic rings. The average Bonchev–Trinajstić information content (AvgIpc) is 2.34. The second kappa shape index (κ2) is 6.89. The molecule has 1 heterocycles. The van der Waals surface area contributed by atoms with E-state index in [2.05, 4.69) is 15.6 Å². The molecule has 19 heavy (non-hydrogen) atoms. The van der Waals surface area contributed by atoms with Crippen molar-refractivity contribution in [2.75, 3.05) is 18.4 Å². The molecule has 8 heteroatoms. The molecule has 104 valence electrons. The highest BCUT2D eigenvalue weighted by Gasteiger charge is 2.16. The molecule has 1 aromatic heterocycles. The van der Waals surface area contributed by atoms with E-state index in [1.54, 1.807) is 0 Å². The second-order valence-corrected chi connectivity index (χ2v) is 4.77. The van der Waals surface area contributed by atoms with E-state index in [0.717, 1.165) is 0 Å². The Labute approximate surface area is 115 Å². The van der Waals surface area contributed by atoms with E-state index >= 15 is 0 Å². The van der Waals surface area contributed by atoms with E-state index in [1.807, 2.05) is 13.8 Å². The zero-order chi connectivity index (χ0) is 14.4. The van der Waals surface area contributed by atoms with Gasteiger partial charge in [0.25, 0.3) is 0 Å². The molecule has 0 bridgehead atoms. The lowest BCUT2D eigenvalue weighted by Crippen LogP contribution is -2.32. The van der Waals surface area contributed by atoms with Gasteiger partial charge in [-0.2, -0.15) is 0 Å². The van der Waals surface area contributed by atoms with Gasteiger partial charge in [0.05, 0.1) is 16.5 Å². The van der Waals surface area contributed by atoms with Crippen molar-refractivity contribution >= 4 is 29.0 Å². The summed E-state index contributed by atoms with van der Waals surface area (Å²) in [5.41, 5.74) is -0.260. The van der Waals surface area contributed by atoms with Crippen LogP contribution in [0.15, 0.2) is 12.3 Å². The number of pyridine rings is 1. The lowest BCUT2D eigenvalue weighted by molar-refractivity contribution is -0.384. The first-order valence-electron chi connectivity index (χ1n) is 5.70. The first kappa shape index (κ1) is 15.2. The summed E-state index contributed by atoms with van der Waals surface area (Å²) in [6.45, 7) is 4.41. The fourth-order valence-electron chi connectivity index (χ4n) is 1.25. The van der Waals surface area contributed by atoms with Gasteiger partial charge in [0.2, 0.25) is 11.7 Å².